The third-order valence-corrected chi connectivity index (χ3v) is 2.86. The summed E-state index contributed by atoms with van der Waals surface area (Å²) in [4.78, 5) is 2.26. The van der Waals surface area contributed by atoms with Crippen molar-refractivity contribution >= 4 is 5.69 Å². The Morgan fingerprint density at radius 2 is 2.00 bits per heavy atom. The smallest absolute Gasteiger partial charge is 0.123 e. The van der Waals surface area contributed by atoms with Gasteiger partial charge in [0.05, 0.1) is 12.8 Å². The number of nitrogens with two attached hydrogens (primary N) is 1. The number of para-hydroxylation sites is 1. The highest BCUT2D eigenvalue weighted by molar-refractivity contribution is 5.53. The minimum atomic E-state index is 0.560. The van der Waals surface area contributed by atoms with Gasteiger partial charge in [0.1, 0.15) is 5.76 Å². The number of nitrogens with zero attached hydrogens (tertiary/aromatic N) is 1. The van der Waals surface area contributed by atoms with Crippen LogP contribution in [0.2, 0.25) is 0 Å². The molecule has 2 aromatic rings. The summed E-state index contributed by atoms with van der Waals surface area (Å²) in [7, 11) is 0. The minimum Gasteiger partial charge on any atom is -0.467 e. The number of hydrogen-bond acceptors (Lipinski definition) is 3. The van der Waals surface area contributed by atoms with Crippen LogP contribution in [-0.4, -0.2) is 6.54 Å². The monoisotopic (exact) mass is 230 g/mol. The number of anilines is 1. The molecule has 0 fully saturated rings. The normalized spacial score (nSPS) is 10.5. The molecule has 0 radical (unpaired) electrons. The van der Waals surface area contributed by atoms with Crippen molar-refractivity contribution in [1.29, 1.82) is 0 Å². The Hall–Kier alpha value is -1.74. The third-order valence-electron chi connectivity index (χ3n) is 2.86. The predicted octanol–water partition coefficient (Wildman–Crippen LogP) is 2.76. The number of rotatable bonds is 5. The van der Waals surface area contributed by atoms with Crippen molar-refractivity contribution in [3.05, 3.63) is 54.0 Å². The molecule has 2 rings (SSSR count). The van der Waals surface area contributed by atoms with Crippen LogP contribution in [0.15, 0.2) is 47.1 Å². The second-order valence-electron chi connectivity index (χ2n) is 3.93. The van der Waals surface area contributed by atoms with Gasteiger partial charge < -0.3 is 15.1 Å². The number of hydrogen-bond donors (Lipinski definition) is 1. The van der Waals surface area contributed by atoms with Crippen molar-refractivity contribution in [3.8, 4) is 0 Å². The zero-order chi connectivity index (χ0) is 12.1. The van der Waals surface area contributed by atoms with E-state index < -0.39 is 0 Å². The molecule has 0 amide bonds. The van der Waals surface area contributed by atoms with Crippen LogP contribution < -0.4 is 10.6 Å². The average molecular weight is 230 g/mol. The van der Waals surface area contributed by atoms with Gasteiger partial charge >= 0.3 is 0 Å². The molecule has 0 saturated carbocycles. The zero-order valence-corrected chi connectivity index (χ0v) is 10.1. The van der Waals surface area contributed by atoms with Gasteiger partial charge in [0.2, 0.25) is 0 Å². The van der Waals surface area contributed by atoms with E-state index in [1.165, 1.54) is 11.3 Å². The predicted molar refractivity (Wildman–Crippen MR) is 69.8 cm³/mol. The third kappa shape index (κ3) is 2.68. The lowest BCUT2D eigenvalue weighted by molar-refractivity contribution is 0.503. The first-order valence-electron chi connectivity index (χ1n) is 5.90. The molecule has 0 bridgehead atoms. The van der Waals surface area contributed by atoms with Crippen LogP contribution >= 0.6 is 0 Å². The average Bonchev–Trinajstić information content (AvgIpc) is 2.89. The molecular weight excluding hydrogens is 212 g/mol. The van der Waals surface area contributed by atoms with E-state index in [4.69, 9.17) is 10.2 Å². The summed E-state index contributed by atoms with van der Waals surface area (Å²) in [6, 6.07) is 12.1. The van der Waals surface area contributed by atoms with Crippen molar-refractivity contribution in [3.63, 3.8) is 0 Å². The van der Waals surface area contributed by atoms with E-state index in [1.54, 1.807) is 6.26 Å². The fourth-order valence-corrected chi connectivity index (χ4v) is 1.95. The van der Waals surface area contributed by atoms with Crippen molar-refractivity contribution in [2.75, 3.05) is 11.4 Å². The van der Waals surface area contributed by atoms with Gasteiger partial charge in [0, 0.05) is 18.8 Å². The van der Waals surface area contributed by atoms with Crippen molar-refractivity contribution in [1.82, 2.24) is 0 Å². The van der Waals surface area contributed by atoms with E-state index in [0.717, 1.165) is 18.8 Å². The topological polar surface area (TPSA) is 42.4 Å². The van der Waals surface area contributed by atoms with Gasteiger partial charge in [-0.1, -0.05) is 18.2 Å². The summed E-state index contributed by atoms with van der Waals surface area (Å²) in [5.41, 5.74) is 8.12. The van der Waals surface area contributed by atoms with Crippen LogP contribution in [0.3, 0.4) is 0 Å². The zero-order valence-electron chi connectivity index (χ0n) is 10.1. The maximum Gasteiger partial charge on any atom is 0.123 e. The highest BCUT2D eigenvalue weighted by atomic mass is 16.3. The Balaban J connectivity index is 2.22. The second kappa shape index (κ2) is 5.55. The standard InChI is InChI=1S/C14H18N2O/c1-2-16(11-13-7-5-9-17-13)14-8-4-3-6-12(14)10-15/h3-9H,2,10-11,15H2,1H3. The molecule has 0 saturated heterocycles. The van der Waals surface area contributed by atoms with Crippen LogP contribution in [0.5, 0.6) is 0 Å². The summed E-state index contributed by atoms with van der Waals surface area (Å²) >= 11 is 0. The maximum atomic E-state index is 5.77. The van der Waals surface area contributed by atoms with Gasteiger partial charge in [-0.15, -0.1) is 0 Å². The molecule has 3 heteroatoms. The molecule has 0 spiro atoms. The van der Waals surface area contributed by atoms with Gasteiger partial charge in [-0.05, 0) is 30.7 Å². The summed E-state index contributed by atoms with van der Waals surface area (Å²) in [6.45, 7) is 4.40. The first kappa shape index (κ1) is 11.7. The van der Waals surface area contributed by atoms with Gasteiger partial charge in [-0.2, -0.15) is 0 Å². The highest BCUT2D eigenvalue weighted by Gasteiger charge is 2.10. The molecule has 0 aliphatic rings. The lowest BCUT2D eigenvalue weighted by Gasteiger charge is -2.24. The SMILES string of the molecule is CCN(Cc1ccco1)c1ccccc1CN. The first-order valence-corrected chi connectivity index (χ1v) is 5.90. The van der Waals surface area contributed by atoms with E-state index >= 15 is 0 Å². The van der Waals surface area contributed by atoms with E-state index in [-0.39, 0.29) is 0 Å². The Morgan fingerprint density at radius 3 is 2.65 bits per heavy atom. The van der Waals surface area contributed by atoms with Crippen molar-refractivity contribution < 1.29 is 4.42 Å². The highest BCUT2D eigenvalue weighted by Crippen LogP contribution is 2.21. The molecule has 0 aliphatic heterocycles. The van der Waals surface area contributed by atoms with Gasteiger partial charge in [0.25, 0.3) is 0 Å². The van der Waals surface area contributed by atoms with Crippen molar-refractivity contribution in [2.45, 2.75) is 20.0 Å². The van der Waals surface area contributed by atoms with E-state index in [0.29, 0.717) is 6.54 Å². The van der Waals surface area contributed by atoms with Crippen LogP contribution in [0, 0.1) is 0 Å². The lowest BCUT2D eigenvalue weighted by Crippen LogP contribution is -2.23. The van der Waals surface area contributed by atoms with Gasteiger partial charge in [0.15, 0.2) is 0 Å². The van der Waals surface area contributed by atoms with E-state index in [1.807, 2.05) is 24.3 Å². The molecular formula is C14H18N2O. The summed E-state index contributed by atoms with van der Waals surface area (Å²) in [5, 5.41) is 0. The molecule has 1 aromatic heterocycles. The molecule has 2 N–H and O–H groups in total. The molecule has 17 heavy (non-hydrogen) atoms. The molecule has 0 unspecified atom stereocenters. The quantitative estimate of drug-likeness (QED) is 0.858. The second-order valence-corrected chi connectivity index (χ2v) is 3.93. The Labute approximate surface area is 102 Å². The molecule has 1 heterocycles. The maximum absolute atomic E-state index is 5.77. The fraction of sp³-hybridized carbons (Fsp3) is 0.286. The first-order chi connectivity index (χ1) is 8.35. The lowest BCUT2D eigenvalue weighted by atomic mass is 10.1. The van der Waals surface area contributed by atoms with E-state index in [2.05, 4.69) is 24.0 Å². The molecule has 0 atom stereocenters. The largest absolute Gasteiger partial charge is 0.467 e. The summed E-state index contributed by atoms with van der Waals surface area (Å²) in [6.07, 6.45) is 1.71. The van der Waals surface area contributed by atoms with E-state index in [9.17, 15) is 0 Å². The molecule has 3 nitrogen and oxygen atoms in total. The molecule has 0 aliphatic carbocycles. The fourth-order valence-electron chi connectivity index (χ4n) is 1.95. The Morgan fingerprint density at radius 1 is 1.18 bits per heavy atom. The van der Waals surface area contributed by atoms with Crippen molar-refractivity contribution in [2.24, 2.45) is 5.73 Å². The summed E-state index contributed by atoms with van der Waals surface area (Å²) < 4.78 is 5.39. The summed E-state index contributed by atoms with van der Waals surface area (Å²) in [5.74, 6) is 0.971. The number of benzene rings is 1. The Kier molecular flexibility index (Phi) is 3.83. The number of furan rings is 1. The van der Waals surface area contributed by atoms with Crippen LogP contribution in [0.25, 0.3) is 0 Å². The van der Waals surface area contributed by atoms with Gasteiger partial charge in [-0.25, -0.2) is 0 Å². The molecule has 1 aromatic carbocycles. The minimum absolute atomic E-state index is 0.560. The Bertz CT molecular complexity index is 451. The van der Waals surface area contributed by atoms with Crippen LogP contribution in [0.1, 0.15) is 18.2 Å². The van der Waals surface area contributed by atoms with Gasteiger partial charge in [-0.3, -0.25) is 0 Å². The molecule has 90 valence electrons. The van der Waals surface area contributed by atoms with Crippen LogP contribution in [-0.2, 0) is 13.1 Å². The van der Waals surface area contributed by atoms with Crippen LogP contribution in [0.4, 0.5) is 5.69 Å².